The van der Waals surface area contributed by atoms with Gasteiger partial charge in [-0.3, -0.25) is 19.9 Å². The Balaban J connectivity index is 1.19. The summed E-state index contributed by atoms with van der Waals surface area (Å²) in [7, 11) is 0. The lowest BCUT2D eigenvalue weighted by Gasteiger charge is -2.09. The third-order valence-electron chi connectivity index (χ3n) is 8.30. The van der Waals surface area contributed by atoms with Crippen LogP contribution in [0.4, 0.5) is 0 Å². The molecule has 0 atom stereocenters. The fourth-order valence-electron chi connectivity index (χ4n) is 5.88. The summed E-state index contributed by atoms with van der Waals surface area (Å²) < 4.78 is 6.31. The minimum atomic E-state index is 0.593. The van der Waals surface area contributed by atoms with E-state index in [0.717, 1.165) is 78.1 Å². The van der Waals surface area contributed by atoms with Crippen molar-refractivity contribution in [2.45, 2.75) is 0 Å². The third-order valence-corrected chi connectivity index (χ3v) is 8.30. The Hall–Kier alpha value is -7.00. The van der Waals surface area contributed by atoms with E-state index in [1.807, 2.05) is 84.9 Å². The molecule has 0 aliphatic rings. The Labute approximate surface area is 280 Å². The van der Waals surface area contributed by atoms with E-state index in [9.17, 15) is 0 Å². The second-order valence-corrected chi connectivity index (χ2v) is 11.4. The fraction of sp³-hybridized carbons (Fsp3) is 0. The van der Waals surface area contributed by atoms with Crippen molar-refractivity contribution >= 4 is 21.9 Å². The number of hydrogen-bond acceptors (Lipinski definition) is 9. The number of benzene rings is 2. The van der Waals surface area contributed by atoms with Gasteiger partial charge in [0.05, 0.1) is 22.8 Å². The largest absolute Gasteiger partial charge is 0.456 e. The summed E-state index contributed by atoms with van der Waals surface area (Å²) in [5.74, 6) is 1.19. The summed E-state index contributed by atoms with van der Waals surface area (Å²) in [6, 6.07) is 31.8. The average molecular weight is 633 g/mol. The van der Waals surface area contributed by atoms with Crippen LogP contribution in [-0.2, 0) is 0 Å². The molecule has 7 aromatic heterocycles. The van der Waals surface area contributed by atoms with Crippen LogP contribution in [0.3, 0.4) is 0 Å². The molecule has 0 fully saturated rings. The van der Waals surface area contributed by atoms with Crippen LogP contribution in [0.25, 0.3) is 89.7 Å². The quantitative estimate of drug-likeness (QED) is 0.177. The molecule has 0 spiro atoms. The van der Waals surface area contributed by atoms with Gasteiger partial charge in [0.25, 0.3) is 0 Å². The molecule has 0 unspecified atom stereocenters. The SMILES string of the molecule is c1cncc(-c2nc(-c3ccncc3)cc(-c3ccc4oc5ccc(-c6cc(-c7ccncc7)nc(-c7cccnc7)n6)cc5c4c3)n2)c1. The van der Waals surface area contributed by atoms with Gasteiger partial charge in [-0.15, -0.1) is 0 Å². The molecular formula is C40H24N8O. The standard InChI is InChI=1S/C40H24N8O/c1-3-29(23-43-13-1)39-45-33(25-9-15-41-16-10-25)21-35(47-39)27-5-7-37-31(19-27)32-20-28(6-8-38(32)49-37)36-22-34(26-11-17-42-18-12-26)46-40(48-36)30-4-2-14-44-24-30/h1-24H. The number of rotatable bonds is 6. The number of furan rings is 1. The summed E-state index contributed by atoms with van der Waals surface area (Å²) in [6.45, 7) is 0. The van der Waals surface area contributed by atoms with Crippen LogP contribution < -0.4 is 0 Å². The minimum Gasteiger partial charge on any atom is -0.456 e. The molecule has 0 saturated heterocycles. The Morgan fingerprint density at radius 1 is 0.347 bits per heavy atom. The van der Waals surface area contributed by atoms with Crippen LogP contribution >= 0.6 is 0 Å². The number of fused-ring (bicyclic) bond motifs is 3. The van der Waals surface area contributed by atoms with Gasteiger partial charge in [0.2, 0.25) is 0 Å². The van der Waals surface area contributed by atoms with Crippen molar-refractivity contribution in [3.8, 4) is 67.8 Å². The van der Waals surface area contributed by atoms with Crippen LogP contribution in [0.2, 0.25) is 0 Å². The van der Waals surface area contributed by atoms with E-state index in [2.05, 4.69) is 32.1 Å². The van der Waals surface area contributed by atoms with Crippen molar-refractivity contribution in [3.63, 3.8) is 0 Å². The molecule has 9 nitrogen and oxygen atoms in total. The van der Waals surface area contributed by atoms with E-state index in [4.69, 9.17) is 24.4 Å². The highest BCUT2D eigenvalue weighted by atomic mass is 16.3. The first-order chi connectivity index (χ1) is 24.2. The van der Waals surface area contributed by atoms with Crippen molar-refractivity contribution in [2.75, 3.05) is 0 Å². The van der Waals surface area contributed by atoms with Crippen LogP contribution in [0.1, 0.15) is 0 Å². The van der Waals surface area contributed by atoms with E-state index in [-0.39, 0.29) is 0 Å². The number of pyridine rings is 4. The maximum atomic E-state index is 6.31. The zero-order valence-electron chi connectivity index (χ0n) is 25.8. The van der Waals surface area contributed by atoms with Crippen molar-refractivity contribution in [3.05, 3.63) is 147 Å². The molecule has 0 N–H and O–H groups in total. The zero-order chi connectivity index (χ0) is 32.6. The summed E-state index contributed by atoms with van der Waals surface area (Å²) in [5, 5.41) is 1.94. The Morgan fingerprint density at radius 2 is 0.776 bits per heavy atom. The molecule has 0 bridgehead atoms. The van der Waals surface area contributed by atoms with Gasteiger partial charge < -0.3 is 4.42 Å². The molecule has 0 radical (unpaired) electrons. The van der Waals surface area contributed by atoms with E-state index < -0.39 is 0 Å². The highest BCUT2D eigenvalue weighted by Crippen LogP contribution is 2.36. The molecule has 9 aromatic rings. The predicted octanol–water partition coefficient (Wildman–Crippen LogP) is 8.75. The molecule has 9 rings (SSSR count). The molecule has 0 saturated carbocycles. The number of aromatic nitrogens is 8. The van der Waals surface area contributed by atoms with E-state index in [0.29, 0.717) is 11.6 Å². The topological polar surface area (TPSA) is 116 Å². The predicted molar refractivity (Wildman–Crippen MR) is 189 cm³/mol. The van der Waals surface area contributed by atoms with Gasteiger partial charge in [-0.25, -0.2) is 19.9 Å². The highest BCUT2D eigenvalue weighted by Gasteiger charge is 2.16. The molecule has 49 heavy (non-hydrogen) atoms. The first kappa shape index (κ1) is 28.2. The first-order valence-electron chi connectivity index (χ1n) is 15.6. The third kappa shape index (κ3) is 5.45. The van der Waals surface area contributed by atoms with Gasteiger partial charge in [-0.1, -0.05) is 0 Å². The summed E-state index contributed by atoms with van der Waals surface area (Å²) in [5.41, 5.74) is 10.2. The van der Waals surface area contributed by atoms with Crippen molar-refractivity contribution in [2.24, 2.45) is 0 Å². The molecule has 7 heterocycles. The summed E-state index contributed by atoms with van der Waals surface area (Å²) in [6.07, 6.45) is 14.1. The zero-order valence-corrected chi connectivity index (χ0v) is 25.8. The van der Waals surface area contributed by atoms with Crippen LogP contribution in [-0.4, -0.2) is 39.9 Å². The van der Waals surface area contributed by atoms with Crippen LogP contribution in [0, 0.1) is 0 Å². The van der Waals surface area contributed by atoms with Gasteiger partial charge in [0.15, 0.2) is 11.6 Å². The maximum absolute atomic E-state index is 6.31. The number of hydrogen-bond donors (Lipinski definition) is 0. The Morgan fingerprint density at radius 3 is 1.18 bits per heavy atom. The first-order valence-corrected chi connectivity index (χ1v) is 15.6. The van der Waals surface area contributed by atoms with Crippen LogP contribution in [0.15, 0.2) is 151 Å². The second kappa shape index (κ2) is 12.0. The molecule has 0 aliphatic carbocycles. The lowest BCUT2D eigenvalue weighted by Crippen LogP contribution is -1.96. The molecule has 9 heteroatoms. The van der Waals surface area contributed by atoms with Gasteiger partial charge in [0.1, 0.15) is 11.2 Å². The van der Waals surface area contributed by atoms with Crippen molar-refractivity contribution < 1.29 is 4.42 Å². The van der Waals surface area contributed by atoms with E-state index in [1.54, 1.807) is 49.6 Å². The highest BCUT2D eigenvalue weighted by molar-refractivity contribution is 6.07. The lowest BCUT2D eigenvalue weighted by atomic mass is 10.0. The maximum Gasteiger partial charge on any atom is 0.161 e. The van der Waals surface area contributed by atoms with Gasteiger partial charge in [-0.2, -0.15) is 0 Å². The monoisotopic (exact) mass is 632 g/mol. The molecular weight excluding hydrogens is 608 g/mol. The smallest absolute Gasteiger partial charge is 0.161 e. The van der Waals surface area contributed by atoms with Gasteiger partial charge >= 0.3 is 0 Å². The van der Waals surface area contributed by atoms with Crippen molar-refractivity contribution in [1.29, 1.82) is 0 Å². The molecule has 230 valence electrons. The van der Waals surface area contributed by atoms with Gasteiger partial charge in [-0.05, 0) is 97.1 Å². The average Bonchev–Trinajstić information content (AvgIpc) is 3.56. The molecule has 2 aromatic carbocycles. The molecule has 0 amide bonds. The summed E-state index contributed by atoms with van der Waals surface area (Å²) >= 11 is 0. The number of nitrogens with zero attached hydrogens (tertiary/aromatic N) is 8. The van der Waals surface area contributed by atoms with E-state index in [1.165, 1.54) is 0 Å². The fourth-order valence-corrected chi connectivity index (χ4v) is 5.88. The summed E-state index contributed by atoms with van der Waals surface area (Å²) in [4.78, 5) is 36.7. The lowest BCUT2D eigenvalue weighted by molar-refractivity contribution is 0.669. The molecule has 0 aliphatic heterocycles. The minimum absolute atomic E-state index is 0.593. The Bertz CT molecular complexity index is 2300. The second-order valence-electron chi connectivity index (χ2n) is 11.4. The van der Waals surface area contributed by atoms with E-state index >= 15 is 0 Å². The van der Waals surface area contributed by atoms with Crippen LogP contribution in [0.5, 0.6) is 0 Å². The van der Waals surface area contributed by atoms with Crippen molar-refractivity contribution in [1.82, 2.24) is 39.9 Å². The normalized spacial score (nSPS) is 11.3. The van der Waals surface area contributed by atoms with Gasteiger partial charge in [0, 0.05) is 93.7 Å². The Kier molecular flexibility index (Phi) is 6.90.